The summed E-state index contributed by atoms with van der Waals surface area (Å²) >= 11 is 10.5. The van der Waals surface area contributed by atoms with Crippen LogP contribution < -0.4 is 5.32 Å². The first-order valence-electron chi connectivity index (χ1n) is 4.75. The number of nitrogens with zero attached hydrogens (tertiary/aromatic N) is 1. The Hall–Kier alpha value is -0.910. The molecule has 0 saturated heterocycles. The number of thiazole rings is 1. The van der Waals surface area contributed by atoms with Gasteiger partial charge in [0.15, 0.2) is 5.13 Å². The van der Waals surface area contributed by atoms with E-state index in [1.807, 2.05) is 13.0 Å². The third-order valence-corrected chi connectivity index (χ3v) is 3.77. The Morgan fingerprint density at radius 2 is 2.29 bits per heavy atom. The third kappa shape index (κ3) is 3.06. The van der Waals surface area contributed by atoms with Crippen LogP contribution in [0.1, 0.15) is 15.9 Å². The average molecular weight is 332 g/mol. The number of nitrogens with one attached hydrogen (secondary N) is 1. The highest BCUT2D eigenvalue weighted by Gasteiger charge is 2.11. The molecule has 0 bridgehead atoms. The summed E-state index contributed by atoms with van der Waals surface area (Å²) in [4.78, 5) is 16.0. The molecule has 1 aromatic heterocycles. The minimum atomic E-state index is -0.202. The minimum absolute atomic E-state index is 0.202. The molecule has 17 heavy (non-hydrogen) atoms. The van der Waals surface area contributed by atoms with Crippen LogP contribution in [0.15, 0.2) is 28.2 Å². The lowest BCUT2D eigenvalue weighted by atomic mass is 10.1. The summed E-state index contributed by atoms with van der Waals surface area (Å²) in [6, 6.07) is 5.22. The largest absolute Gasteiger partial charge is 0.298 e. The molecule has 0 aliphatic carbocycles. The van der Waals surface area contributed by atoms with E-state index in [1.54, 1.807) is 18.3 Å². The van der Waals surface area contributed by atoms with Crippen LogP contribution in [0.2, 0.25) is 5.02 Å². The van der Waals surface area contributed by atoms with Gasteiger partial charge in [-0.1, -0.05) is 29.0 Å². The molecule has 0 spiro atoms. The molecule has 2 aromatic rings. The van der Waals surface area contributed by atoms with E-state index in [0.717, 1.165) is 9.35 Å². The maximum atomic E-state index is 12.0. The zero-order valence-electron chi connectivity index (χ0n) is 8.83. The molecule has 6 heteroatoms. The molecule has 0 aliphatic rings. The molecule has 3 nitrogen and oxygen atoms in total. The van der Waals surface area contributed by atoms with Gasteiger partial charge in [0.05, 0.1) is 9.98 Å². The van der Waals surface area contributed by atoms with Crippen molar-refractivity contribution >= 4 is 49.9 Å². The molecule has 2 rings (SSSR count). The van der Waals surface area contributed by atoms with Crippen LogP contribution in [-0.2, 0) is 0 Å². The second kappa shape index (κ2) is 5.16. The number of rotatable bonds is 2. The molecule has 0 radical (unpaired) electrons. The molecule has 0 atom stereocenters. The standard InChI is InChI=1S/C11H8BrClN2OS/c1-6-2-3-7(13)4-8(6)10(16)15-11-14-5-9(12)17-11/h2-5H,1H3,(H,14,15,16). The van der Waals surface area contributed by atoms with E-state index in [1.165, 1.54) is 11.3 Å². The predicted octanol–water partition coefficient (Wildman–Crippen LogP) is 4.12. The van der Waals surface area contributed by atoms with Gasteiger partial charge in [-0.15, -0.1) is 0 Å². The Balaban J connectivity index is 2.22. The van der Waals surface area contributed by atoms with Crippen LogP contribution in [0, 0.1) is 6.92 Å². The van der Waals surface area contributed by atoms with E-state index >= 15 is 0 Å². The SMILES string of the molecule is Cc1ccc(Cl)cc1C(=O)Nc1ncc(Br)s1. The fourth-order valence-electron chi connectivity index (χ4n) is 1.32. The van der Waals surface area contributed by atoms with Crippen molar-refractivity contribution in [1.29, 1.82) is 0 Å². The number of aromatic nitrogens is 1. The lowest BCUT2D eigenvalue weighted by molar-refractivity contribution is 0.102. The van der Waals surface area contributed by atoms with Gasteiger partial charge in [0, 0.05) is 10.6 Å². The Morgan fingerprint density at radius 1 is 1.53 bits per heavy atom. The smallest absolute Gasteiger partial charge is 0.257 e. The van der Waals surface area contributed by atoms with Gasteiger partial charge in [-0.3, -0.25) is 10.1 Å². The average Bonchev–Trinajstić information content (AvgIpc) is 2.67. The van der Waals surface area contributed by atoms with Crippen LogP contribution in [0.25, 0.3) is 0 Å². The van der Waals surface area contributed by atoms with Crippen molar-refractivity contribution in [3.8, 4) is 0 Å². The van der Waals surface area contributed by atoms with E-state index in [0.29, 0.717) is 15.7 Å². The van der Waals surface area contributed by atoms with E-state index in [9.17, 15) is 4.79 Å². The number of hydrogen-bond donors (Lipinski definition) is 1. The highest BCUT2D eigenvalue weighted by Crippen LogP contribution is 2.24. The highest BCUT2D eigenvalue weighted by molar-refractivity contribution is 9.11. The minimum Gasteiger partial charge on any atom is -0.298 e. The molecule has 0 fully saturated rings. The van der Waals surface area contributed by atoms with Crippen molar-refractivity contribution in [1.82, 2.24) is 4.98 Å². The summed E-state index contributed by atoms with van der Waals surface area (Å²) in [6.07, 6.45) is 1.64. The zero-order chi connectivity index (χ0) is 12.4. The van der Waals surface area contributed by atoms with Crippen molar-refractivity contribution in [3.63, 3.8) is 0 Å². The summed E-state index contributed by atoms with van der Waals surface area (Å²) in [6.45, 7) is 1.86. The molecule has 1 amide bonds. The van der Waals surface area contributed by atoms with Gasteiger partial charge >= 0.3 is 0 Å². The lowest BCUT2D eigenvalue weighted by Crippen LogP contribution is -2.13. The van der Waals surface area contributed by atoms with Crippen LogP contribution in [0.4, 0.5) is 5.13 Å². The van der Waals surface area contributed by atoms with Crippen molar-refractivity contribution in [3.05, 3.63) is 44.3 Å². The summed E-state index contributed by atoms with van der Waals surface area (Å²) in [7, 11) is 0. The molecule has 0 saturated carbocycles. The zero-order valence-corrected chi connectivity index (χ0v) is 12.0. The number of halogens is 2. The van der Waals surface area contributed by atoms with Crippen LogP contribution >= 0.6 is 38.9 Å². The van der Waals surface area contributed by atoms with Crippen molar-refractivity contribution in [2.24, 2.45) is 0 Å². The van der Waals surface area contributed by atoms with Gasteiger partial charge in [-0.25, -0.2) is 4.98 Å². The molecular formula is C11H8BrClN2OS. The summed E-state index contributed by atoms with van der Waals surface area (Å²) < 4.78 is 0.871. The molecular weight excluding hydrogens is 324 g/mol. The quantitative estimate of drug-likeness (QED) is 0.899. The third-order valence-electron chi connectivity index (χ3n) is 2.14. The Morgan fingerprint density at radius 3 is 2.94 bits per heavy atom. The first kappa shape index (κ1) is 12.5. The lowest BCUT2D eigenvalue weighted by Gasteiger charge is -2.05. The van der Waals surface area contributed by atoms with E-state index in [4.69, 9.17) is 11.6 Å². The number of benzene rings is 1. The Labute approximate surface area is 116 Å². The van der Waals surface area contributed by atoms with E-state index in [-0.39, 0.29) is 5.91 Å². The number of hydrogen-bond acceptors (Lipinski definition) is 3. The molecule has 1 aromatic carbocycles. The van der Waals surface area contributed by atoms with Crippen molar-refractivity contribution in [2.45, 2.75) is 6.92 Å². The van der Waals surface area contributed by atoms with Crippen molar-refractivity contribution in [2.75, 3.05) is 5.32 Å². The van der Waals surface area contributed by atoms with E-state index in [2.05, 4.69) is 26.2 Å². The number of carbonyl (C=O) groups excluding carboxylic acids is 1. The molecule has 0 aliphatic heterocycles. The molecule has 1 heterocycles. The number of amides is 1. The maximum absolute atomic E-state index is 12.0. The first-order valence-corrected chi connectivity index (χ1v) is 6.74. The van der Waals surface area contributed by atoms with Crippen LogP contribution in [0.3, 0.4) is 0 Å². The molecule has 0 unspecified atom stereocenters. The molecule has 1 N–H and O–H groups in total. The highest BCUT2D eigenvalue weighted by atomic mass is 79.9. The molecule has 88 valence electrons. The first-order chi connectivity index (χ1) is 8.06. The monoisotopic (exact) mass is 330 g/mol. The number of aryl methyl sites for hydroxylation is 1. The second-order valence-corrected chi connectivity index (χ2v) is 6.23. The summed E-state index contributed by atoms with van der Waals surface area (Å²) in [5.74, 6) is -0.202. The van der Waals surface area contributed by atoms with Gasteiger partial charge in [0.1, 0.15) is 0 Å². The van der Waals surface area contributed by atoms with Gasteiger partial charge in [0.25, 0.3) is 5.91 Å². The summed E-state index contributed by atoms with van der Waals surface area (Å²) in [5.41, 5.74) is 1.44. The maximum Gasteiger partial charge on any atom is 0.257 e. The van der Waals surface area contributed by atoms with Gasteiger partial charge in [0.2, 0.25) is 0 Å². The predicted molar refractivity (Wildman–Crippen MR) is 74.0 cm³/mol. The Bertz CT molecular complexity index is 570. The Kier molecular flexibility index (Phi) is 3.81. The number of anilines is 1. The fourth-order valence-corrected chi connectivity index (χ4v) is 2.59. The van der Waals surface area contributed by atoms with Gasteiger partial charge in [-0.05, 0) is 40.5 Å². The summed E-state index contributed by atoms with van der Waals surface area (Å²) in [5, 5.41) is 3.83. The normalized spacial score (nSPS) is 10.3. The van der Waals surface area contributed by atoms with Gasteiger partial charge in [-0.2, -0.15) is 0 Å². The van der Waals surface area contributed by atoms with E-state index < -0.39 is 0 Å². The second-order valence-electron chi connectivity index (χ2n) is 3.38. The van der Waals surface area contributed by atoms with Crippen LogP contribution in [0.5, 0.6) is 0 Å². The fraction of sp³-hybridized carbons (Fsp3) is 0.0909. The number of carbonyl (C=O) groups is 1. The van der Waals surface area contributed by atoms with Crippen molar-refractivity contribution < 1.29 is 4.79 Å². The topological polar surface area (TPSA) is 42.0 Å². The van der Waals surface area contributed by atoms with Gasteiger partial charge < -0.3 is 0 Å². The van der Waals surface area contributed by atoms with Crippen LogP contribution in [-0.4, -0.2) is 10.9 Å².